The van der Waals surface area contributed by atoms with Gasteiger partial charge in [-0.2, -0.15) is 0 Å². The SMILES string of the molecule is C/C=C(/C)[C@@]1(OC)O[C@H]2C[C@@]3(C)OC(=CC3=O)[C@@H](C)CC3OC(=O)[C@@]1(C)C32. The molecule has 3 saturated heterocycles. The Labute approximate surface area is 159 Å². The van der Waals surface area contributed by atoms with E-state index in [1.165, 1.54) is 0 Å². The zero-order chi connectivity index (χ0) is 19.8. The Morgan fingerprint density at radius 3 is 2.63 bits per heavy atom. The van der Waals surface area contributed by atoms with E-state index in [-0.39, 0.29) is 29.7 Å². The van der Waals surface area contributed by atoms with Gasteiger partial charge in [-0.1, -0.05) is 13.0 Å². The molecular weight excluding hydrogens is 348 g/mol. The van der Waals surface area contributed by atoms with Crippen LogP contribution in [-0.4, -0.2) is 42.5 Å². The number of carbonyl (C=O) groups excluding carboxylic acids is 2. The maximum Gasteiger partial charge on any atom is 0.318 e. The number of allylic oxidation sites excluding steroid dienone is 2. The van der Waals surface area contributed by atoms with Crippen molar-refractivity contribution >= 4 is 11.8 Å². The zero-order valence-corrected chi connectivity index (χ0v) is 16.8. The van der Waals surface area contributed by atoms with Gasteiger partial charge < -0.3 is 18.9 Å². The number of carbonyl (C=O) groups is 2. The Bertz CT molecular complexity index is 769. The molecule has 0 aromatic heterocycles. The number of rotatable bonds is 2. The molecule has 7 atom stereocenters. The molecule has 6 heteroatoms. The number of hydrogen-bond acceptors (Lipinski definition) is 6. The predicted octanol–water partition coefficient (Wildman–Crippen LogP) is 2.91. The van der Waals surface area contributed by atoms with Crippen molar-refractivity contribution in [1.29, 1.82) is 0 Å². The fourth-order valence-corrected chi connectivity index (χ4v) is 5.55. The average molecular weight is 376 g/mol. The molecular formula is C21H28O6. The Morgan fingerprint density at radius 1 is 1.30 bits per heavy atom. The highest BCUT2D eigenvalue weighted by Crippen LogP contribution is 2.62. The van der Waals surface area contributed by atoms with Gasteiger partial charge in [-0.15, -0.1) is 0 Å². The highest BCUT2D eigenvalue weighted by atomic mass is 16.7. The van der Waals surface area contributed by atoms with Gasteiger partial charge in [0.1, 0.15) is 17.3 Å². The predicted molar refractivity (Wildman–Crippen MR) is 96.5 cm³/mol. The van der Waals surface area contributed by atoms with Crippen molar-refractivity contribution in [3.05, 3.63) is 23.5 Å². The van der Waals surface area contributed by atoms with E-state index in [1.807, 2.05) is 33.8 Å². The minimum absolute atomic E-state index is 0.0185. The summed E-state index contributed by atoms with van der Waals surface area (Å²) in [5.41, 5.74) is -1.14. The Hall–Kier alpha value is -1.66. The molecule has 0 N–H and O–H groups in total. The number of ether oxygens (including phenoxy) is 4. The molecule has 2 bridgehead atoms. The summed E-state index contributed by atoms with van der Waals surface area (Å²) in [4.78, 5) is 25.8. The second-order valence-corrected chi connectivity index (χ2v) is 8.71. The third kappa shape index (κ3) is 2.14. The molecule has 4 aliphatic rings. The van der Waals surface area contributed by atoms with Crippen LogP contribution in [0.2, 0.25) is 0 Å². The number of esters is 1. The largest absolute Gasteiger partial charge is 0.483 e. The quantitative estimate of drug-likeness (QED) is 0.545. The number of methoxy groups -OCH3 is 1. The van der Waals surface area contributed by atoms with Gasteiger partial charge in [-0.05, 0) is 39.7 Å². The summed E-state index contributed by atoms with van der Waals surface area (Å²) in [6.07, 6.45) is 3.75. The number of ketones is 1. The summed E-state index contributed by atoms with van der Waals surface area (Å²) >= 11 is 0. The first-order valence-electron chi connectivity index (χ1n) is 9.65. The lowest BCUT2D eigenvalue weighted by Gasteiger charge is -2.38. The summed E-state index contributed by atoms with van der Waals surface area (Å²) in [7, 11) is 1.56. The summed E-state index contributed by atoms with van der Waals surface area (Å²) < 4.78 is 24.4. The minimum Gasteiger partial charge on any atom is -0.483 e. The summed E-state index contributed by atoms with van der Waals surface area (Å²) in [5, 5.41) is 0. The average Bonchev–Trinajstić information content (AvgIpc) is 3.16. The summed E-state index contributed by atoms with van der Waals surface area (Å²) in [6, 6.07) is 0. The standard InChI is InChI=1S/C21H28O6/c1-7-12(3)21(24-6)20(5)17-14(25-18(20)23)8-11(2)13-9-16(22)19(4,26-13)10-15(17)27-21/h7,9,11,14-15,17H,8,10H2,1-6H3/b12-7-/t11-,14?,15-,17?,19+,20+,21+/m0/s1. The second-order valence-electron chi connectivity index (χ2n) is 8.71. The van der Waals surface area contributed by atoms with Crippen molar-refractivity contribution in [3.8, 4) is 0 Å². The lowest BCUT2D eigenvalue weighted by molar-refractivity contribution is -0.234. The van der Waals surface area contributed by atoms with Gasteiger partial charge in [0.25, 0.3) is 0 Å². The van der Waals surface area contributed by atoms with Gasteiger partial charge in [-0.3, -0.25) is 9.59 Å². The van der Waals surface area contributed by atoms with Crippen molar-refractivity contribution in [1.82, 2.24) is 0 Å². The normalized spacial score (nSPS) is 49.0. The van der Waals surface area contributed by atoms with Crippen LogP contribution in [0.1, 0.15) is 47.5 Å². The van der Waals surface area contributed by atoms with Gasteiger partial charge in [0, 0.05) is 31.4 Å². The van der Waals surface area contributed by atoms with Crippen LogP contribution in [0.25, 0.3) is 0 Å². The fourth-order valence-electron chi connectivity index (χ4n) is 5.55. The van der Waals surface area contributed by atoms with E-state index in [9.17, 15) is 9.59 Å². The topological polar surface area (TPSA) is 71.1 Å². The molecule has 4 heterocycles. The first kappa shape index (κ1) is 18.7. The second kappa shape index (κ2) is 5.67. The van der Waals surface area contributed by atoms with E-state index in [2.05, 4.69) is 0 Å². The van der Waals surface area contributed by atoms with Crippen molar-refractivity contribution in [2.24, 2.45) is 17.3 Å². The lowest BCUT2D eigenvalue weighted by atomic mass is 9.66. The fraction of sp³-hybridized carbons (Fsp3) is 0.714. The maximum atomic E-state index is 13.1. The molecule has 2 unspecified atom stereocenters. The van der Waals surface area contributed by atoms with Gasteiger partial charge in [0.15, 0.2) is 5.60 Å². The van der Waals surface area contributed by atoms with Crippen LogP contribution in [0.3, 0.4) is 0 Å². The molecule has 27 heavy (non-hydrogen) atoms. The molecule has 6 nitrogen and oxygen atoms in total. The smallest absolute Gasteiger partial charge is 0.318 e. The monoisotopic (exact) mass is 376 g/mol. The van der Waals surface area contributed by atoms with Crippen LogP contribution in [0.5, 0.6) is 0 Å². The van der Waals surface area contributed by atoms with Crippen molar-refractivity contribution in [2.75, 3.05) is 7.11 Å². The van der Waals surface area contributed by atoms with E-state index in [0.29, 0.717) is 18.6 Å². The van der Waals surface area contributed by atoms with Crippen LogP contribution in [0.4, 0.5) is 0 Å². The third-order valence-electron chi connectivity index (χ3n) is 7.19. The number of hydrogen-bond donors (Lipinski definition) is 0. The van der Waals surface area contributed by atoms with E-state index in [0.717, 1.165) is 5.57 Å². The van der Waals surface area contributed by atoms with E-state index in [1.54, 1.807) is 20.1 Å². The minimum atomic E-state index is -1.21. The molecule has 0 aliphatic carbocycles. The van der Waals surface area contributed by atoms with E-state index < -0.39 is 22.9 Å². The highest BCUT2D eigenvalue weighted by molar-refractivity contribution is 5.99. The van der Waals surface area contributed by atoms with Crippen molar-refractivity contribution in [2.45, 2.75) is 71.1 Å². The van der Waals surface area contributed by atoms with Crippen molar-refractivity contribution < 1.29 is 28.5 Å². The molecule has 0 amide bonds. The lowest BCUT2D eigenvalue weighted by Crippen LogP contribution is -2.51. The molecule has 0 aromatic carbocycles. The van der Waals surface area contributed by atoms with Crippen molar-refractivity contribution in [3.63, 3.8) is 0 Å². The summed E-state index contributed by atoms with van der Waals surface area (Å²) in [6.45, 7) is 9.49. The zero-order valence-electron chi connectivity index (χ0n) is 16.8. The third-order valence-corrected chi connectivity index (χ3v) is 7.19. The van der Waals surface area contributed by atoms with Gasteiger partial charge in [0.2, 0.25) is 11.6 Å². The molecule has 0 spiro atoms. The van der Waals surface area contributed by atoms with Crippen LogP contribution in [0, 0.1) is 17.3 Å². The molecule has 0 radical (unpaired) electrons. The first-order valence-corrected chi connectivity index (χ1v) is 9.65. The van der Waals surface area contributed by atoms with E-state index in [4.69, 9.17) is 18.9 Å². The van der Waals surface area contributed by atoms with Crippen LogP contribution in [-0.2, 0) is 28.5 Å². The molecule has 148 valence electrons. The maximum absolute atomic E-state index is 13.1. The Kier molecular flexibility index (Phi) is 3.93. The van der Waals surface area contributed by atoms with E-state index >= 15 is 0 Å². The molecule has 4 aliphatic heterocycles. The molecule has 0 saturated carbocycles. The Morgan fingerprint density at radius 2 is 2.00 bits per heavy atom. The first-order chi connectivity index (χ1) is 12.6. The van der Waals surface area contributed by atoms with Crippen LogP contribution >= 0.6 is 0 Å². The highest BCUT2D eigenvalue weighted by Gasteiger charge is 2.75. The molecule has 3 fully saturated rings. The van der Waals surface area contributed by atoms with Gasteiger partial charge in [-0.25, -0.2) is 0 Å². The molecule has 4 rings (SSSR count). The summed E-state index contributed by atoms with van der Waals surface area (Å²) in [5.74, 6) is -1.11. The van der Waals surface area contributed by atoms with Crippen LogP contribution in [0.15, 0.2) is 23.5 Å². The van der Waals surface area contributed by atoms with Crippen LogP contribution < -0.4 is 0 Å². The molecule has 0 aromatic rings. The Balaban J connectivity index is 1.87. The van der Waals surface area contributed by atoms with Gasteiger partial charge >= 0.3 is 5.97 Å². The number of fused-ring (bicyclic) bond motifs is 2. The van der Waals surface area contributed by atoms with Gasteiger partial charge in [0.05, 0.1) is 6.10 Å².